The third kappa shape index (κ3) is 2.74. The molecule has 1 aromatic heterocycles. The van der Waals surface area contributed by atoms with Crippen molar-refractivity contribution >= 4 is 0 Å². The molecule has 3 rings (SSSR count). The highest BCUT2D eigenvalue weighted by atomic mass is 16.5. The Hall–Kier alpha value is -1.92. The molecule has 1 saturated heterocycles. The number of benzene rings is 1. The van der Waals surface area contributed by atoms with Gasteiger partial charge in [0.1, 0.15) is 6.67 Å². The number of hydrogen-bond donors (Lipinski definition) is 0. The summed E-state index contributed by atoms with van der Waals surface area (Å²) in [5.41, 5.74) is 0.806. The monoisotopic (exact) mass is 261 g/mol. The lowest BCUT2D eigenvalue weighted by Gasteiger charge is -2.25. The summed E-state index contributed by atoms with van der Waals surface area (Å²) in [5, 5.41) is 4.23. The van der Waals surface area contributed by atoms with Crippen molar-refractivity contribution in [2.24, 2.45) is 0 Å². The third-order valence-electron chi connectivity index (χ3n) is 3.06. The second-order valence-corrected chi connectivity index (χ2v) is 4.41. The molecular formula is C13H15N3O3. The largest absolute Gasteiger partial charge is 0.438 e. The second kappa shape index (κ2) is 5.38. The van der Waals surface area contributed by atoms with Crippen molar-refractivity contribution in [2.45, 2.75) is 6.67 Å². The Bertz CT molecular complexity index is 585. The van der Waals surface area contributed by atoms with E-state index in [0.717, 1.165) is 18.7 Å². The first-order valence-electron chi connectivity index (χ1n) is 6.26. The van der Waals surface area contributed by atoms with Gasteiger partial charge in [-0.1, -0.05) is 18.2 Å². The van der Waals surface area contributed by atoms with Crippen molar-refractivity contribution in [3.05, 3.63) is 40.9 Å². The molecule has 0 atom stereocenters. The Labute approximate surface area is 110 Å². The van der Waals surface area contributed by atoms with Crippen molar-refractivity contribution < 1.29 is 9.15 Å². The minimum Gasteiger partial charge on any atom is -0.388 e. The highest BCUT2D eigenvalue weighted by Crippen LogP contribution is 2.14. The minimum atomic E-state index is -0.426. The second-order valence-electron chi connectivity index (χ2n) is 4.41. The first-order valence-corrected chi connectivity index (χ1v) is 6.26. The molecule has 0 N–H and O–H groups in total. The van der Waals surface area contributed by atoms with E-state index in [0.29, 0.717) is 25.8 Å². The molecule has 0 spiro atoms. The van der Waals surface area contributed by atoms with Crippen LogP contribution in [0.4, 0.5) is 0 Å². The normalized spacial score (nSPS) is 16.6. The van der Waals surface area contributed by atoms with Crippen LogP contribution in [0.1, 0.15) is 0 Å². The van der Waals surface area contributed by atoms with Gasteiger partial charge in [-0.05, 0) is 12.1 Å². The molecule has 1 aromatic carbocycles. The van der Waals surface area contributed by atoms with Gasteiger partial charge in [-0.15, -0.1) is 5.10 Å². The maximum Gasteiger partial charge on any atom is 0.438 e. The average molecular weight is 261 g/mol. The lowest BCUT2D eigenvalue weighted by molar-refractivity contribution is 0.0202. The van der Waals surface area contributed by atoms with E-state index in [2.05, 4.69) is 10.00 Å². The molecule has 2 aromatic rings. The number of morpholine rings is 1. The Balaban J connectivity index is 1.79. The van der Waals surface area contributed by atoms with Gasteiger partial charge in [0, 0.05) is 18.7 Å². The summed E-state index contributed by atoms with van der Waals surface area (Å²) < 4.78 is 11.8. The molecular weight excluding hydrogens is 246 g/mol. The van der Waals surface area contributed by atoms with E-state index < -0.39 is 5.76 Å². The van der Waals surface area contributed by atoms with Gasteiger partial charge in [0.25, 0.3) is 0 Å². The molecule has 0 saturated carbocycles. The molecule has 6 heteroatoms. The fourth-order valence-electron chi connectivity index (χ4n) is 2.03. The standard InChI is InChI=1S/C13H15N3O3/c17-13-16(10-15-6-8-18-9-7-15)14-12(19-13)11-4-2-1-3-5-11/h1-5H,6-10H2. The number of hydrogen-bond acceptors (Lipinski definition) is 5. The Morgan fingerprint density at radius 1 is 1.16 bits per heavy atom. The van der Waals surface area contributed by atoms with Crippen LogP contribution in [0.5, 0.6) is 0 Å². The van der Waals surface area contributed by atoms with Crippen LogP contribution in [0.3, 0.4) is 0 Å². The van der Waals surface area contributed by atoms with Crippen molar-refractivity contribution in [1.82, 2.24) is 14.7 Å². The first-order chi connectivity index (χ1) is 9.33. The highest BCUT2D eigenvalue weighted by molar-refractivity contribution is 5.51. The van der Waals surface area contributed by atoms with Crippen LogP contribution in [-0.2, 0) is 11.4 Å². The van der Waals surface area contributed by atoms with E-state index >= 15 is 0 Å². The van der Waals surface area contributed by atoms with Crippen LogP contribution in [-0.4, -0.2) is 41.0 Å². The SMILES string of the molecule is O=c1oc(-c2ccccc2)nn1CN1CCOCC1. The minimum absolute atomic E-state index is 0.360. The van der Waals surface area contributed by atoms with Gasteiger partial charge in [0.05, 0.1) is 13.2 Å². The molecule has 0 unspecified atom stereocenters. The summed E-state index contributed by atoms with van der Waals surface area (Å²) in [5.74, 6) is -0.0656. The first kappa shape index (κ1) is 12.1. The Morgan fingerprint density at radius 3 is 2.63 bits per heavy atom. The summed E-state index contributed by atoms with van der Waals surface area (Å²) in [7, 11) is 0. The summed E-state index contributed by atoms with van der Waals surface area (Å²) in [6, 6.07) is 9.41. The van der Waals surface area contributed by atoms with Crippen LogP contribution in [0, 0.1) is 0 Å². The van der Waals surface area contributed by atoms with Gasteiger partial charge >= 0.3 is 5.76 Å². The van der Waals surface area contributed by atoms with Gasteiger partial charge in [-0.2, -0.15) is 4.68 Å². The smallest absolute Gasteiger partial charge is 0.388 e. The van der Waals surface area contributed by atoms with Gasteiger partial charge in [-0.25, -0.2) is 4.79 Å². The Morgan fingerprint density at radius 2 is 1.89 bits per heavy atom. The van der Waals surface area contributed by atoms with Crippen LogP contribution in [0.15, 0.2) is 39.5 Å². The van der Waals surface area contributed by atoms with Gasteiger partial charge in [0.2, 0.25) is 5.89 Å². The molecule has 6 nitrogen and oxygen atoms in total. The van der Waals surface area contributed by atoms with Gasteiger partial charge in [-0.3, -0.25) is 4.90 Å². The number of nitrogens with zero attached hydrogens (tertiary/aromatic N) is 3. The number of rotatable bonds is 3. The summed E-state index contributed by atoms with van der Waals surface area (Å²) in [6.45, 7) is 3.44. The van der Waals surface area contributed by atoms with Crippen LogP contribution in [0.2, 0.25) is 0 Å². The third-order valence-corrected chi connectivity index (χ3v) is 3.06. The zero-order valence-electron chi connectivity index (χ0n) is 10.5. The average Bonchev–Trinajstić information content (AvgIpc) is 2.82. The lowest BCUT2D eigenvalue weighted by atomic mass is 10.2. The summed E-state index contributed by atoms with van der Waals surface area (Å²) >= 11 is 0. The van der Waals surface area contributed by atoms with Crippen molar-refractivity contribution in [3.63, 3.8) is 0 Å². The predicted octanol–water partition coefficient (Wildman–Crippen LogP) is 0.793. The molecule has 0 aliphatic carbocycles. The Kier molecular flexibility index (Phi) is 3.43. The molecule has 1 fully saturated rings. The van der Waals surface area contributed by atoms with Crippen LogP contribution in [0.25, 0.3) is 11.5 Å². The van der Waals surface area contributed by atoms with E-state index in [1.807, 2.05) is 30.3 Å². The fraction of sp³-hybridized carbons (Fsp3) is 0.385. The fourth-order valence-corrected chi connectivity index (χ4v) is 2.03. The topological polar surface area (TPSA) is 60.5 Å². The molecule has 0 bridgehead atoms. The summed E-state index contributed by atoms with van der Waals surface area (Å²) in [6.07, 6.45) is 0. The van der Waals surface area contributed by atoms with Gasteiger partial charge in [0.15, 0.2) is 0 Å². The number of aromatic nitrogens is 2. The molecule has 19 heavy (non-hydrogen) atoms. The molecule has 1 aliphatic heterocycles. The van der Waals surface area contributed by atoms with Crippen molar-refractivity contribution in [3.8, 4) is 11.5 Å². The van der Waals surface area contributed by atoms with Crippen molar-refractivity contribution in [1.29, 1.82) is 0 Å². The predicted molar refractivity (Wildman–Crippen MR) is 68.6 cm³/mol. The molecule has 100 valence electrons. The number of ether oxygens (including phenoxy) is 1. The zero-order chi connectivity index (χ0) is 13.1. The lowest BCUT2D eigenvalue weighted by Crippen LogP contribution is -2.39. The summed E-state index contributed by atoms with van der Waals surface area (Å²) in [4.78, 5) is 13.9. The highest BCUT2D eigenvalue weighted by Gasteiger charge is 2.15. The molecule has 2 heterocycles. The molecule has 0 radical (unpaired) electrons. The van der Waals surface area contributed by atoms with E-state index in [1.54, 1.807) is 0 Å². The van der Waals surface area contributed by atoms with Crippen LogP contribution >= 0.6 is 0 Å². The quantitative estimate of drug-likeness (QED) is 0.817. The van der Waals surface area contributed by atoms with E-state index in [1.165, 1.54) is 4.68 Å². The van der Waals surface area contributed by atoms with Crippen LogP contribution < -0.4 is 5.76 Å². The van der Waals surface area contributed by atoms with E-state index in [4.69, 9.17) is 9.15 Å². The molecule has 0 amide bonds. The molecule has 1 aliphatic rings. The van der Waals surface area contributed by atoms with Crippen molar-refractivity contribution in [2.75, 3.05) is 26.3 Å². The van der Waals surface area contributed by atoms with Gasteiger partial charge < -0.3 is 9.15 Å². The van der Waals surface area contributed by atoms with E-state index in [9.17, 15) is 4.79 Å². The maximum absolute atomic E-state index is 11.8. The maximum atomic E-state index is 11.8. The van der Waals surface area contributed by atoms with E-state index in [-0.39, 0.29) is 0 Å². The zero-order valence-corrected chi connectivity index (χ0v) is 10.5.